The minimum Gasteiger partial charge on any atom is -0.304 e. The van der Waals surface area contributed by atoms with Gasteiger partial charge in [0.2, 0.25) is 0 Å². The average molecular weight is 347 g/mol. The lowest BCUT2D eigenvalue weighted by Crippen LogP contribution is -2.12. The van der Waals surface area contributed by atoms with E-state index in [4.69, 9.17) is 0 Å². The maximum Gasteiger partial charge on any atom is 0.267 e. The lowest BCUT2D eigenvalue weighted by molar-refractivity contribution is 0.102. The van der Waals surface area contributed by atoms with Crippen molar-refractivity contribution >= 4 is 33.8 Å². The summed E-state index contributed by atoms with van der Waals surface area (Å²) in [5.74, 6) is 0.459. The standard InChI is InChI=1S/C20H17N3OS/c1-14-10-12-25-19(14)20(24)21-18-9-11-23(22-18)13-16-7-4-6-15-5-2-3-8-17(15)16/h2-12H,13H2,1H3,(H,21,22,24). The summed E-state index contributed by atoms with van der Waals surface area (Å²) in [5.41, 5.74) is 2.19. The van der Waals surface area contributed by atoms with Crippen molar-refractivity contribution in [2.24, 2.45) is 0 Å². The molecule has 0 fully saturated rings. The normalized spacial score (nSPS) is 10.9. The Hall–Kier alpha value is -2.92. The van der Waals surface area contributed by atoms with Crippen LogP contribution in [0.1, 0.15) is 20.8 Å². The number of hydrogen-bond donors (Lipinski definition) is 1. The van der Waals surface area contributed by atoms with E-state index in [1.165, 1.54) is 27.7 Å². The molecular weight excluding hydrogens is 330 g/mol. The van der Waals surface area contributed by atoms with E-state index in [-0.39, 0.29) is 5.91 Å². The lowest BCUT2D eigenvalue weighted by Gasteiger charge is -2.07. The molecule has 5 heteroatoms. The summed E-state index contributed by atoms with van der Waals surface area (Å²) < 4.78 is 1.85. The smallest absolute Gasteiger partial charge is 0.267 e. The average Bonchev–Trinajstić information content (AvgIpc) is 3.24. The molecule has 1 amide bonds. The summed E-state index contributed by atoms with van der Waals surface area (Å²) in [6.45, 7) is 2.60. The van der Waals surface area contributed by atoms with Gasteiger partial charge >= 0.3 is 0 Å². The molecule has 0 atom stereocenters. The van der Waals surface area contributed by atoms with Crippen LogP contribution in [0.4, 0.5) is 5.82 Å². The van der Waals surface area contributed by atoms with Crippen LogP contribution in [0.25, 0.3) is 10.8 Å². The Bertz CT molecular complexity index is 1040. The molecular formula is C20H17N3OS. The van der Waals surface area contributed by atoms with E-state index in [1.807, 2.05) is 47.4 Å². The monoisotopic (exact) mass is 347 g/mol. The van der Waals surface area contributed by atoms with Crippen LogP contribution < -0.4 is 5.32 Å². The molecule has 2 aromatic carbocycles. The predicted molar refractivity (Wildman–Crippen MR) is 102 cm³/mol. The summed E-state index contributed by atoms with van der Waals surface area (Å²) in [6.07, 6.45) is 1.89. The van der Waals surface area contributed by atoms with Gasteiger partial charge in [0.15, 0.2) is 5.82 Å². The molecule has 2 aromatic heterocycles. The highest BCUT2D eigenvalue weighted by molar-refractivity contribution is 7.12. The van der Waals surface area contributed by atoms with Crippen molar-refractivity contribution in [1.29, 1.82) is 0 Å². The largest absolute Gasteiger partial charge is 0.304 e. The number of carbonyl (C=O) groups excluding carboxylic acids is 1. The molecule has 0 spiro atoms. The molecule has 0 saturated carbocycles. The first kappa shape index (κ1) is 15.6. The van der Waals surface area contributed by atoms with Crippen molar-refractivity contribution in [3.05, 3.63) is 82.2 Å². The van der Waals surface area contributed by atoms with Crippen molar-refractivity contribution in [2.75, 3.05) is 5.32 Å². The zero-order valence-corrected chi connectivity index (χ0v) is 14.6. The molecule has 2 heterocycles. The quantitative estimate of drug-likeness (QED) is 0.581. The SMILES string of the molecule is Cc1ccsc1C(=O)Nc1ccn(Cc2cccc3ccccc23)n1. The van der Waals surface area contributed by atoms with E-state index >= 15 is 0 Å². The van der Waals surface area contributed by atoms with Gasteiger partial charge in [-0.05, 0) is 40.3 Å². The van der Waals surface area contributed by atoms with E-state index in [0.717, 1.165) is 10.4 Å². The van der Waals surface area contributed by atoms with Crippen molar-refractivity contribution in [2.45, 2.75) is 13.5 Å². The second kappa shape index (κ2) is 6.53. The Morgan fingerprint density at radius 1 is 1.12 bits per heavy atom. The molecule has 0 aliphatic rings. The van der Waals surface area contributed by atoms with Crippen LogP contribution in [0.15, 0.2) is 66.2 Å². The molecule has 124 valence electrons. The van der Waals surface area contributed by atoms with Gasteiger partial charge in [0.1, 0.15) is 0 Å². The fourth-order valence-electron chi connectivity index (χ4n) is 2.90. The van der Waals surface area contributed by atoms with Crippen LogP contribution in [0.5, 0.6) is 0 Å². The van der Waals surface area contributed by atoms with E-state index in [1.54, 1.807) is 0 Å². The highest BCUT2D eigenvalue weighted by Gasteiger charge is 2.12. The molecule has 0 unspecified atom stereocenters. The number of aromatic nitrogens is 2. The van der Waals surface area contributed by atoms with Crippen LogP contribution in [-0.2, 0) is 6.54 Å². The number of thiophene rings is 1. The first-order valence-corrected chi connectivity index (χ1v) is 8.94. The van der Waals surface area contributed by atoms with Crippen molar-refractivity contribution in [3.8, 4) is 0 Å². The third kappa shape index (κ3) is 3.19. The van der Waals surface area contributed by atoms with Crippen molar-refractivity contribution in [1.82, 2.24) is 9.78 Å². The number of amides is 1. The van der Waals surface area contributed by atoms with Gasteiger partial charge in [-0.15, -0.1) is 11.3 Å². The van der Waals surface area contributed by atoms with Gasteiger partial charge in [0.25, 0.3) is 5.91 Å². The Morgan fingerprint density at radius 2 is 1.96 bits per heavy atom. The topological polar surface area (TPSA) is 46.9 Å². The fraction of sp³-hybridized carbons (Fsp3) is 0.100. The second-order valence-electron chi connectivity index (χ2n) is 5.92. The van der Waals surface area contributed by atoms with E-state index in [0.29, 0.717) is 12.4 Å². The first-order chi connectivity index (χ1) is 12.2. The highest BCUT2D eigenvalue weighted by Crippen LogP contribution is 2.20. The van der Waals surface area contributed by atoms with Gasteiger partial charge < -0.3 is 5.32 Å². The van der Waals surface area contributed by atoms with Crippen LogP contribution >= 0.6 is 11.3 Å². The van der Waals surface area contributed by atoms with Gasteiger partial charge in [-0.3, -0.25) is 9.48 Å². The summed E-state index contributed by atoms with van der Waals surface area (Å²) in [5, 5.41) is 11.7. The third-order valence-electron chi connectivity index (χ3n) is 4.16. The molecule has 4 aromatic rings. The number of benzene rings is 2. The molecule has 25 heavy (non-hydrogen) atoms. The zero-order chi connectivity index (χ0) is 17.2. The van der Waals surface area contributed by atoms with Crippen LogP contribution in [0, 0.1) is 6.92 Å². The number of nitrogens with zero attached hydrogens (tertiary/aromatic N) is 2. The number of rotatable bonds is 4. The van der Waals surface area contributed by atoms with Crippen molar-refractivity contribution in [3.63, 3.8) is 0 Å². The molecule has 0 aliphatic heterocycles. The van der Waals surface area contributed by atoms with Crippen LogP contribution in [0.2, 0.25) is 0 Å². The van der Waals surface area contributed by atoms with E-state index in [9.17, 15) is 4.79 Å². The van der Waals surface area contributed by atoms with Gasteiger partial charge in [-0.25, -0.2) is 0 Å². The number of aryl methyl sites for hydroxylation is 1. The first-order valence-electron chi connectivity index (χ1n) is 8.06. The van der Waals surface area contributed by atoms with Gasteiger partial charge in [-0.2, -0.15) is 5.10 Å². The van der Waals surface area contributed by atoms with Gasteiger partial charge in [0.05, 0.1) is 11.4 Å². The van der Waals surface area contributed by atoms with Gasteiger partial charge in [-0.1, -0.05) is 42.5 Å². The number of anilines is 1. The van der Waals surface area contributed by atoms with Crippen LogP contribution in [0.3, 0.4) is 0 Å². The maximum atomic E-state index is 12.3. The lowest BCUT2D eigenvalue weighted by atomic mass is 10.0. The van der Waals surface area contributed by atoms with Gasteiger partial charge in [0, 0.05) is 12.3 Å². The van der Waals surface area contributed by atoms with Crippen molar-refractivity contribution < 1.29 is 4.79 Å². The number of fused-ring (bicyclic) bond motifs is 1. The fourth-order valence-corrected chi connectivity index (χ4v) is 3.72. The maximum absolute atomic E-state index is 12.3. The minimum absolute atomic E-state index is 0.108. The molecule has 4 rings (SSSR count). The Labute approximate surface area is 149 Å². The summed E-state index contributed by atoms with van der Waals surface area (Å²) in [6, 6.07) is 18.4. The number of carbonyl (C=O) groups is 1. The predicted octanol–water partition coefficient (Wildman–Crippen LogP) is 4.71. The highest BCUT2D eigenvalue weighted by atomic mass is 32.1. The molecule has 0 bridgehead atoms. The summed E-state index contributed by atoms with van der Waals surface area (Å²) >= 11 is 1.44. The Kier molecular flexibility index (Phi) is 4.07. The summed E-state index contributed by atoms with van der Waals surface area (Å²) in [7, 11) is 0. The Balaban J connectivity index is 1.53. The molecule has 0 aliphatic carbocycles. The second-order valence-corrected chi connectivity index (χ2v) is 6.84. The molecule has 0 saturated heterocycles. The Morgan fingerprint density at radius 3 is 2.80 bits per heavy atom. The third-order valence-corrected chi connectivity index (χ3v) is 5.18. The number of hydrogen-bond acceptors (Lipinski definition) is 3. The molecule has 0 radical (unpaired) electrons. The van der Waals surface area contributed by atoms with E-state index in [2.05, 4.69) is 40.7 Å². The molecule has 4 nitrogen and oxygen atoms in total. The number of nitrogens with one attached hydrogen (secondary N) is 1. The van der Waals surface area contributed by atoms with E-state index < -0.39 is 0 Å². The summed E-state index contributed by atoms with van der Waals surface area (Å²) in [4.78, 5) is 13.0. The zero-order valence-electron chi connectivity index (χ0n) is 13.8. The molecule has 1 N–H and O–H groups in total. The minimum atomic E-state index is -0.108. The van der Waals surface area contributed by atoms with Crippen LogP contribution in [-0.4, -0.2) is 15.7 Å².